The molecule has 229 valence electrons. The van der Waals surface area contributed by atoms with E-state index in [1.54, 1.807) is 6.20 Å². The van der Waals surface area contributed by atoms with Gasteiger partial charge in [-0.2, -0.15) is 0 Å². The van der Waals surface area contributed by atoms with Gasteiger partial charge in [-0.1, -0.05) is 73.2 Å². The van der Waals surface area contributed by atoms with Crippen molar-refractivity contribution in [3.8, 4) is 45.0 Å². The van der Waals surface area contributed by atoms with Crippen molar-refractivity contribution in [3.05, 3.63) is 169 Å². The molecule has 0 N–H and O–H groups in total. The molecule has 0 unspecified atom stereocenters. The van der Waals surface area contributed by atoms with Crippen LogP contribution in [0.4, 0.5) is 0 Å². The van der Waals surface area contributed by atoms with Crippen molar-refractivity contribution in [2.24, 2.45) is 0 Å². The number of benzene rings is 4. The number of aryl methyl sites for hydroxylation is 2. The maximum absolute atomic E-state index is 5.20. The van der Waals surface area contributed by atoms with E-state index in [-0.39, 0.29) is 20.1 Å². The molecule has 4 nitrogen and oxygen atoms in total. The predicted octanol–water partition coefficient (Wildman–Crippen LogP) is 10.1. The van der Waals surface area contributed by atoms with Gasteiger partial charge in [-0.15, -0.1) is 65.2 Å². The normalized spacial score (nSPS) is 10.6. The molecule has 4 heterocycles. The summed E-state index contributed by atoms with van der Waals surface area (Å²) in [4.78, 5) is 18.6. The molecule has 5 heteroatoms. The first-order chi connectivity index (χ1) is 22.7. The molecule has 0 bridgehead atoms. The number of rotatable bonds is 4. The van der Waals surface area contributed by atoms with Crippen molar-refractivity contribution in [2.45, 2.75) is 13.8 Å². The van der Waals surface area contributed by atoms with Gasteiger partial charge >= 0.3 is 0 Å². The number of hydrogen-bond acceptors (Lipinski definition) is 4. The van der Waals surface area contributed by atoms with Gasteiger partial charge in [0.1, 0.15) is 0 Å². The molecular formula is C42H30IrN4-2. The molecule has 0 aliphatic heterocycles. The number of aromatic nitrogens is 4. The van der Waals surface area contributed by atoms with Crippen LogP contribution in [0.25, 0.3) is 66.7 Å². The van der Waals surface area contributed by atoms with Crippen molar-refractivity contribution < 1.29 is 20.1 Å². The molecule has 4 aromatic carbocycles. The summed E-state index contributed by atoms with van der Waals surface area (Å²) >= 11 is 0. The first-order valence-corrected chi connectivity index (χ1v) is 15.2. The second kappa shape index (κ2) is 14.4. The molecule has 0 aliphatic carbocycles. The minimum atomic E-state index is 0. The van der Waals surface area contributed by atoms with Crippen LogP contribution in [0.1, 0.15) is 11.1 Å². The fraction of sp³-hybridized carbons (Fsp3) is 0.0476. The van der Waals surface area contributed by atoms with E-state index in [1.165, 1.54) is 10.8 Å². The molecule has 47 heavy (non-hydrogen) atoms. The molecule has 0 amide bonds. The van der Waals surface area contributed by atoms with Crippen LogP contribution in [-0.4, -0.2) is 19.9 Å². The summed E-state index contributed by atoms with van der Waals surface area (Å²) in [6.45, 7) is 4.22. The van der Waals surface area contributed by atoms with E-state index in [0.29, 0.717) is 0 Å². The first-order valence-electron chi connectivity index (χ1n) is 15.2. The molecule has 1 radical (unpaired) electrons. The topological polar surface area (TPSA) is 51.6 Å². The largest absolute Gasteiger partial charge is 0.305 e. The molecule has 0 saturated carbocycles. The zero-order valence-electron chi connectivity index (χ0n) is 26.0. The third-order valence-corrected chi connectivity index (χ3v) is 8.00. The Hall–Kier alpha value is -5.35. The summed E-state index contributed by atoms with van der Waals surface area (Å²) in [6, 6.07) is 49.3. The van der Waals surface area contributed by atoms with Gasteiger partial charge in [0.05, 0.1) is 16.9 Å². The SMILES string of the molecule is Cc1c[c-]c(-c2ccccn2)cc1-c1nc(-c2cc3ncccc3c3ccccc23)ccc1C.[Ir].[c-]1ccccc1-c1ccccn1. The molecule has 4 aromatic heterocycles. The van der Waals surface area contributed by atoms with Crippen LogP contribution in [-0.2, 0) is 20.1 Å². The van der Waals surface area contributed by atoms with Crippen LogP contribution in [0.3, 0.4) is 0 Å². The summed E-state index contributed by atoms with van der Waals surface area (Å²) < 4.78 is 0. The third-order valence-electron chi connectivity index (χ3n) is 8.00. The van der Waals surface area contributed by atoms with Gasteiger partial charge < -0.3 is 9.97 Å². The van der Waals surface area contributed by atoms with Gasteiger partial charge in [-0.05, 0) is 65.0 Å². The Morgan fingerprint density at radius 2 is 1.17 bits per heavy atom. The summed E-state index contributed by atoms with van der Waals surface area (Å²) in [7, 11) is 0. The molecule has 0 spiro atoms. The van der Waals surface area contributed by atoms with E-state index in [9.17, 15) is 0 Å². The van der Waals surface area contributed by atoms with Crippen LogP contribution >= 0.6 is 0 Å². The Balaban J connectivity index is 0.000000250. The van der Waals surface area contributed by atoms with E-state index >= 15 is 0 Å². The Bertz CT molecular complexity index is 2230. The fourth-order valence-corrected chi connectivity index (χ4v) is 5.65. The first kappa shape index (κ1) is 31.6. The minimum absolute atomic E-state index is 0. The fourth-order valence-electron chi connectivity index (χ4n) is 5.65. The number of fused-ring (bicyclic) bond motifs is 3. The van der Waals surface area contributed by atoms with Crippen molar-refractivity contribution in [1.29, 1.82) is 0 Å². The van der Waals surface area contributed by atoms with Crippen molar-refractivity contribution in [2.75, 3.05) is 0 Å². The molecule has 0 saturated heterocycles. The average molecular weight is 783 g/mol. The van der Waals surface area contributed by atoms with Crippen LogP contribution in [0, 0.1) is 26.0 Å². The van der Waals surface area contributed by atoms with Gasteiger partial charge in [0.25, 0.3) is 0 Å². The van der Waals surface area contributed by atoms with Gasteiger partial charge in [0.2, 0.25) is 0 Å². The Kier molecular flexibility index (Phi) is 9.68. The maximum atomic E-state index is 5.20. The monoisotopic (exact) mass is 783 g/mol. The van der Waals surface area contributed by atoms with E-state index in [2.05, 4.69) is 95.5 Å². The standard InChI is InChI=1S/C31H22N3.C11H8N.Ir/c1-20-12-14-22(28-11-5-6-16-32-28)18-26(20)31-21(2)13-15-29(34-31)27-19-30-25(10-7-17-33-30)23-8-3-4-9-24(23)27;1-2-6-10(7-3-1)11-8-4-5-9-12-11;/h3-13,15-19H,1-2H3;1-6,8-9H;/q2*-1;. The van der Waals surface area contributed by atoms with E-state index in [0.717, 1.165) is 67.1 Å². The number of nitrogens with zero attached hydrogens (tertiary/aromatic N) is 4. The third kappa shape index (κ3) is 6.78. The van der Waals surface area contributed by atoms with Gasteiger partial charge in [-0.3, -0.25) is 4.98 Å². The second-order valence-corrected chi connectivity index (χ2v) is 11.1. The van der Waals surface area contributed by atoms with Crippen LogP contribution in [0.2, 0.25) is 0 Å². The zero-order valence-corrected chi connectivity index (χ0v) is 28.4. The predicted molar refractivity (Wildman–Crippen MR) is 188 cm³/mol. The number of pyridine rings is 4. The van der Waals surface area contributed by atoms with Gasteiger partial charge in [0, 0.05) is 49.6 Å². The summed E-state index contributed by atoms with van der Waals surface area (Å²) in [5.74, 6) is 0. The van der Waals surface area contributed by atoms with Crippen LogP contribution in [0.5, 0.6) is 0 Å². The van der Waals surface area contributed by atoms with E-state index in [1.807, 2.05) is 85.2 Å². The number of hydrogen-bond donors (Lipinski definition) is 0. The molecule has 0 aliphatic rings. The molecule has 8 rings (SSSR count). The molecule has 0 atom stereocenters. The minimum Gasteiger partial charge on any atom is -0.305 e. The van der Waals surface area contributed by atoms with Crippen molar-refractivity contribution in [3.63, 3.8) is 0 Å². The maximum Gasteiger partial charge on any atom is 0.0716 e. The molecule has 0 fully saturated rings. The smallest absolute Gasteiger partial charge is 0.0716 e. The van der Waals surface area contributed by atoms with Crippen molar-refractivity contribution in [1.82, 2.24) is 19.9 Å². The average Bonchev–Trinajstić information content (AvgIpc) is 3.13. The summed E-state index contributed by atoms with van der Waals surface area (Å²) in [6.07, 6.45) is 5.44. The Morgan fingerprint density at radius 1 is 0.489 bits per heavy atom. The van der Waals surface area contributed by atoms with Crippen molar-refractivity contribution >= 4 is 21.7 Å². The Labute approximate surface area is 288 Å². The van der Waals surface area contributed by atoms with Gasteiger partial charge in [0.15, 0.2) is 0 Å². The van der Waals surface area contributed by atoms with Crippen LogP contribution in [0.15, 0.2) is 146 Å². The van der Waals surface area contributed by atoms with Gasteiger partial charge in [-0.25, -0.2) is 4.98 Å². The quantitative estimate of drug-likeness (QED) is 0.132. The molecular weight excluding hydrogens is 753 g/mol. The zero-order chi connectivity index (χ0) is 31.3. The van der Waals surface area contributed by atoms with Crippen LogP contribution < -0.4 is 0 Å². The Morgan fingerprint density at radius 3 is 1.89 bits per heavy atom. The molecule has 8 aromatic rings. The summed E-state index contributed by atoms with van der Waals surface area (Å²) in [5.41, 5.74) is 11.2. The van der Waals surface area contributed by atoms with E-state index < -0.39 is 0 Å². The second-order valence-electron chi connectivity index (χ2n) is 11.1. The summed E-state index contributed by atoms with van der Waals surface area (Å²) in [5, 5.41) is 3.52. The van der Waals surface area contributed by atoms with E-state index in [4.69, 9.17) is 4.98 Å².